The second kappa shape index (κ2) is 7.98. The predicted octanol–water partition coefficient (Wildman–Crippen LogP) is 4.99. The molecule has 0 aliphatic rings. The van der Waals surface area contributed by atoms with Crippen LogP contribution in [0, 0.1) is 6.92 Å². The Bertz CT molecular complexity index is 1170. The van der Waals surface area contributed by atoms with Crippen LogP contribution in [0.15, 0.2) is 72.9 Å². The zero-order valence-electron chi connectivity index (χ0n) is 16.0. The van der Waals surface area contributed by atoms with Crippen LogP contribution in [0.1, 0.15) is 16.1 Å². The average Bonchev–Trinajstić information content (AvgIpc) is 2.75. The van der Waals surface area contributed by atoms with Gasteiger partial charge in [-0.05, 0) is 55.5 Å². The maximum atomic E-state index is 13.0. The molecule has 144 valence electrons. The number of methoxy groups -OCH3 is 1. The lowest BCUT2D eigenvalue weighted by Crippen LogP contribution is -2.14. The van der Waals surface area contributed by atoms with E-state index < -0.39 is 0 Å². The summed E-state index contributed by atoms with van der Waals surface area (Å²) in [4.78, 5) is 21.8. The fourth-order valence-electron chi connectivity index (χ4n) is 3.01. The van der Waals surface area contributed by atoms with Crippen LogP contribution in [0.25, 0.3) is 10.9 Å². The van der Waals surface area contributed by atoms with E-state index in [9.17, 15) is 4.79 Å². The number of rotatable bonds is 5. The van der Waals surface area contributed by atoms with E-state index in [1.807, 2.05) is 31.2 Å². The van der Waals surface area contributed by atoms with E-state index in [4.69, 9.17) is 9.47 Å². The molecule has 2 aromatic heterocycles. The molecule has 4 rings (SSSR count). The van der Waals surface area contributed by atoms with Crippen LogP contribution in [-0.4, -0.2) is 23.0 Å². The molecule has 0 aliphatic carbocycles. The monoisotopic (exact) mass is 385 g/mol. The molecule has 1 N–H and O–H groups in total. The average molecular weight is 385 g/mol. The van der Waals surface area contributed by atoms with Crippen molar-refractivity contribution in [3.63, 3.8) is 0 Å². The van der Waals surface area contributed by atoms with Gasteiger partial charge in [0.05, 0.1) is 18.2 Å². The summed E-state index contributed by atoms with van der Waals surface area (Å²) in [7, 11) is 1.60. The van der Waals surface area contributed by atoms with Crippen LogP contribution in [0.2, 0.25) is 0 Å². The number of amides is 1. The first-order valence-electron chi connectivity index (χ1n) is 9.09. The number of hydrogen-bond donors (Lipinski definition) is 1. The number of ether oxygens (including phenoxy) is 2. The number of anilines is 1. The topological polar surface area (TPSA) is 73.3 Å². The number of benzene rings is 2. The van der Waals surface area contributed by atoms with Crippen molar-refractivity contribution in [1.29, 1.82) is 0 Å². The van der Waals surface area contributed by atoms with Gasteiger partial charge < -0.3 is 14.8 Å². The van der Waals surface area contributed by atoms with Crippen molar-refractivity contribution in [2.75, 3.05) is 12.4 Å². The minimum Gasteiger partial charge on any atom is -0.497 e. The molecule has 0 spiro atoms. The summed E-state index contributed by atoms with van der Waals surface area (Å²) in [5, 5.41) is 3.70. The normalized spacial score (nSPS) is 10.6. The molecule has 0 fully saturated rings. The Morgan fingerprint density at radius 2 is 1.72 bits per heavy atom. The van der Waals surface area contributed by atoms with E-state index in [0.717, 1.165) is 22.3 Å². The van der Waals surface area contributed by atoms with E-state index in [-0.39, 0.29) is 5.91 Å². The number of pyridine rings is 2. The van der Waals surface area contributed by atoms with Crippen LogP contribution in [0.5, 0.6) is 17.4 Å². The van der Waals surface area contributed by atoms with Crippen LogP contribution in [0.4, 0.5) is 5.69 Å². The molecule has 1 amide bonds. The SMILES string of the molecule is COc1ccc(Oc2ncccc2NC(=O)c2cc(C)nc3ccccc23)cc1. The van der Waals surface area contributed by atoms with Crippen molar-refractivity contribution in [2.45, 2.75) is 6.92 Å². The Balaban J connectivity index is 1.63. The van der Waals surface area contributed by atoms with Crippen molar-refractivity contribution in [3.05, 3.63) is 84.2 Å². The van der Waals surface area contributed by atoms with Gasteiger partial charge in [0.1, 0.15) is 17.2 Å². The summed E-state index contributed by atoms with van der Waals surface area (Å²) in [5.41, 5.74) is 2.58. The third-order valence-electron chi connectivity index (χ3n) is 4.38. The van der Waals surface area contributed by atoms with Gasteiger partial charge in [-0.3, -0.25) is 9.78 Å². The van der Waals surface area contributed by atoms with Gasteiger partial charge >= 0.3 is 0 Å². The van der Waals surface area contributed by atoms with Crippen molar-refractivity contribution in [2.24, 2.45) is 0 Å². The molecule has 0 saturated carbocycles. The van der Waals surface area contributed by atoms with Crippen molar-refractivity contribution in [1.82, 2.24) is 9.97 Å². The Morgan fingerprint density at radius 1 is 0.966 bits per heavy atom. The predicted molar refractivity (Wildman–Crippen MR) is 112 cm³/mol. The highest BCUT2D eigenvalue weighted by molar-refractivity contribution is 6.12. The summed E-state index contributed by atoms with van der Waals surface area (Å²) in [6.07, 6.45) is 1.61. The molecular formula is C23H19N3O3. The van der Waals surface area contributed by atoms with E-state index in [2.05, 4.69) is 15.3 Å². The van der Waals surface area contributed by atoms with Crippen LogP contribution >= 0.6 is 0 Å². The molecule has 0 bridgehead atoms. The Morgan fingerprint density at radius 3 is 2.52 bits per heavy atom. The van der Waals surface area contributed by atoms with Crippen molar-refractivity contribution >= 4 is 22.5 Å². The Hall–Kier alpha value is -3.93. The largest absolute Gasteiger partial charge is 0.497 e. The molecule has 0 aliphatic heterocycles. The van der Waals surface area contributed by atoms with Gasteiger partial charge in [-0.2, -0.15) is 0 Å². The van der Waals surface area contributed by atoms with E-state index in [1.54, 1.807) is 55.8 Å². The highest BCUT2D eigenvalue weighted by Gasteiger charge is 2.15. The highest BCUT2D eigenvalue weighted by Crippen LogP contribution is 2.29. The van der Waals surface area contributed by atoms with Crippen molar-refractivity contribution < 1.29 is 14.3 Å². The number of fused-ring (bicyclic) bond motifs is 1. The molecule has 2 heterocycles. The van der Waals surface area contributed by atoms with E-state index in [1.165, 1.54) is 0 Å². The number of carbonyl (C=O) groups is 1. The number of para-hydroxylation sites is 1. The van der Waals surface area contributed by atoms with Gasteiger partial charge in [0, 0.05) is 17.3 Å². The van der Waals surface area contributed by atoms with Crippen LogP contribution < -0.4 is 14.8 Å². The van der Waals surface area contributed by atoms with Gasteiger partial charge in [0.2, 0.25) is 5.88 Å². The molecule has 0 radical (unpaired) electrons. The zero-order valence-corrected chi connectivity index (χ0v) is 16.0. The molecule has 0 atom stereocenters. The fourth-order valence-corrected chi connectivity index (χ4v) is 3.01. The molecule has 6 nitrogen and oxygen atoms in total. The zero-order chi connectivity index (χ0) is 20.2. The number of aromatic nitrogens is 2. The number of aryl methyl sites for hydroxylation is 1. The first-order valence-corrected chi connectivity index (χ1v) is 9.09. The molecular weight excluding hydrogens is 366 g/mol. The lowest BCUT2D eigenvalue weighted by molar-refractivity contribution is 0.102. The molecule has 0 saturated heterocycles. The number of nitrogens with zero attached hydrogens (tertiary/aromatic N) is 2. The fraction of sp³-hybridized carbons (Fsp3) is 0.0870. The second-order valence-electron chi connectivity index (χ2n) is 6.42. The maximum absolute atomic E-state index is 13.0. The van der Waals surface area contributed by atoms with E-state index in [0.29, 0.717) is 22.9 Å². The maximum Gasteiger partial charge on any atom is 0.256 e. The summed E-state index contributed by atoms with van der Waals surface area (Å²) < 4.78 is 11.0. The van der Waals surface area contributed by atoms with Crippen molar-refractivity contribution in [3.8, 4) is 17.4 Å². The van der Waals surface area contributed by atoms with Gasteiger partial charge in [-0.25, -0.2) is 4.98 Å². The summed E-state index contributed by atoms with van der Waals surface area (Å²) in [5.74, 6) is 1.37. The van der Waals surface area contributed by atoms with E-state index >= 15 is 0 Å². The van der Waals surface area contributed by atoms with Crippen LogP contribution in [-0.2, 0) is 0 Å². The second-order valence-corrected chi connectivity index (χ2v) is 6.42. The summed E-state index contributed by atoms with van der Waals surface area (Å²) in [6, 6.07) is 20.0. The van der Waals surface area contributed by atoms with Gasteiger partial charge in [-0.15, -0.1) is 0 Å². The minimum atomic E-state index is -0.251. The lowest BCUT2D eigenvalue weighted by Gasteiger charge is -2.12. The molecule has 4 aromatic rings. The smallest absolute Gasteiger partial charge is 0.256 e. The quantitative estimate of drug-likeness (QED) is 0.524. The highest BCUT2D eigenvalue weighted by atomic mass is 16.5. The summed E-state index contributed by atoms with van der Waals surface area (Å²) >= 11 is 0. The summed E-state index contributed by atoms with van der Waals surface area (Å²) in [6.45, 7) is 1.87. The number of nitrogens with one attached hydrogen (secondary N) is 1. The molecule has 29 heavy (non-hydrogen) atoms. The number of hydrogen-bond acceptors (Lipinski definition) is 5. The molecule has 2 aromatic carbocycles. The molecule has 6 heteroatoms. The minimum absolute atomic E-state index is 0.251. The van der Waals surface area contributed by atoms with Gasteiger partial charge in [0.25, 0.3) is 5.91 Å². The third-order valence-corrected chi connectivity index (χ3v) is 4.38. The van der Waals surface area contributed by atoms with Gasteiger partial charge in [-0.1, -0.05) is 18.2 Å². The number of carbonyl (C=O) groups excluding carboxylic acids is 1. The Labute approximate surface area is 168 Å². The van der Waals surface area contributed by atoms with Crippen LogP contribution in [0.3, 0.4) is 0 Å². The first kappa shape index (κ1) is 18.4. The standard InChI is InChI=1S/C23H19N3O3/c1-15-14-19(18-6-3-4-7-20(18)25-15)22(27)26-21-8-5-13-24-23(21)29-17-11-9-16(28-2)10-12-17/h3-14H,1-2H3,(H,26,27). The third kappa shape index (κ3) is 4.01. The first-order chi connectivity index (χ1) is 14.1. The molecule has 0 unspecified atom stereocenters. The lowest BCUT2D eigenvalue weighted by atomic mass is 10.1. The van der Waals surface area contributed by atoms with Gasteiger partial charge in [0.15, 0.2) is 0 Å². The Kier molecular flexibility index (Phi) is 5.07.